The lowest BCUT2D eigenvalue weighted by Crippen LogP contribution is -2.06. The van der Waals surface area contributed by atoms with E-state index in [2.05, 4.69) is 15.1 Å². The summed E-state index contributed by atoms with van der Waals surface area (Å²) in [5, 5.41) is 4.50. The Bertz CT molecular complexity index is 1220. The molecule has 4 rings (SSSR count). The van der Waals surface area contributed by atoms with Crippen LogP contribution in [-0.2, 0) is 16.9 Å². The fourth-order valence-electron chi connectivity index (χ4n) is 2.96. The van der Waals surface area contributed by atoms with Gasteiger partial charge in [0.1, 0.15) is 16.1 Å². The van der Waals surface area contributed by atoms with E-state index in [4.69, 9.17) is 0 Å². The van der Waals surface area contributed by atoms with Crippen molar-refractivity contribution in [3.8, 4) is 11.5 Å². The zero-order valence-corrected chi connectivity index (χ0v) is 14.9. The molecule has 0 atom stereocenters. The molecule has 8 heteroatoms. The summed E-state index contributed by atoms with van der Waals surface area (Å²) < 4.78 is 28.9. The van der Waals surface area contributed by atoms with Crippen LogP contribution in [0.15, 0.2) is 41.6 Å². The maximum absolute atomic E-state index is 12.7. The molecule has 4 aromatic rings. The Kier molecular flexibility index (Phi) is 3.40. The molecule has 0 saturated carbocycles. The molecule has 25 heavy (non-hydrogen) atoms. The van der Waals surface area contributed by atoms with Crippen molar-refractivity contribution < 1.29 is 8.42 Å². The van der Waals surface area contributed by atoms with Crippen molar-refractivity contribution >= 4 is 26.5 Å². The minimum absolute atomic E-state index is 0.00243. The van der Waals surface area contributed by atoms with E-state index in [1.807, 2.05) is 26.1 Å². The normalized spacial score (nSPS) is 12.3. The van der Waals surface area contributed by atoms with Crippen LogP contribution in [0, 0.1) is 6.92 Å². The van der Waals surface area contributed by atoms with Gasteiger partial charge in [-0.05, 0) is 30.7 Å². The first-order valence-corrected chi connectivity index (χ1v) is 9.57. The average molecular weight is 355 g/mol. The molecule has 0 aliphatic rings. The van der Waals surface area contributed by atoms with Crippen LogP contribution in [0.25, 0.3) is 28.2 Å². The molecule has 0 aliphatic heterocycles. The van der Waals surface area contributed by atoms with Crippen LogP contribution in [0.2, 0.25) is 0 Å². The highest BCUT2D eigenvalue weighted by atomic mass is 32.2. The molecule has 0 amide bonds. The molecule has 0 fully saturated rings. The monoisotopic (exact) mass is 355 g/mol. The third-order valence-corrected chi connectivity index (χ3v) is 6.03. The molecule has 128 valence electrons. The molecule has 0 aliphatic carbocycles. The first-order valence-electron chi connectivity index (χ1n) is 7.92. The summed E-state index contributed by atoms with van der Waals surface area (Å²) in [7, 11) is -1.66. The number of aromatic nitrogens is 5. The third-order valence-electron chi connectivity index (χ3n) is 4.24. The molecule has 0 bridgehead atoms. The molecule has 0 N–H and O–H groups in total. The van der Waals surface area contributed by atoms with Crippen molar-refractivity contribution in [3.05, 3.63) is 42.2 Å². The van der Waals surface area contributed by atoms with E-state index in [-0.39, 0.29) is 10.6 Å². The van der Waals surface area contributed by atoms with Gasteiger partial charge in [-0.25, -0.2) is 22.9 Å². The van der Waals surface area contributed by atoms with Crippen LogP contribution in [0.3, 0.4) is 0 Å². The topological polar surface area (TPSA) is 82.1 Å². The smallest absolute Gasteiger partial charge is 0.182 e. The van der Waals surface area contributed by atoms with Crippen molar-refractivity contribution in [1.82, 2.24) is 24.1 Å². The van der Waals surface area contributed by atoms with Crippen LogP contribution in [0.5, 0.6) is 0 Å². The number of fused-ring (bicyclic) bond motifs is 2. The van der Waals surface area contributed by atoms with Gasteiger partial charge in [0.25, 0.3) is 0 Å². The fraction of sp³-hybridized carbons (Fsp3) is 0.235. The minimum Gasteiger partial charge on any atom is -0.310 e. The SMILES string of the molecule is CCS(=O)(=O)c1c(-c2nc3cc(C)cnc3n2C)nn2ccccc12. The summed E-state index contributed by atoms with van der Waals surface area (Å²) in [6.45, 7) is 3.57. The van der Waals surface area contributed by atoms with Crippen molar-refractivity contribution in [2.45, 2.75) is 18.7 Å². The van der Waals surface area contributed by atoms with Crippen LogP contribution in [0.4, 0.5) is 0 Å². The lowest BCUT2D eigenvalue weighted by Gasteiger charge is -2.03. The Morgan fingerprint density at radius 3 is 2.80 bits per heavy atom. The molecule has 0 radical (unpaired) electrons. The number of aryl methyl sites for hydroxylation is 2. The summed E-state index contributed by atoms with van der Waals surface area (Å²) >= 11 is 0. The second-order valence-electron chi connectivity index (χ2n) is 5.96. The van der Waals surface area contributed by atoms with Crippen molar-refractivity contribution in [2.24, 2.45) is 7.05 Å². The Hall–Kier alpha value is -2.74. The standard InChI is InChI=1S/C17H17N5O2S/c1-4-25(23,24)15-13-7-5-6-8-22(13)20-14(15)17-19-12-9-11(2)10-18-16(12)21(17)3/h5-10H,4H2,1-3H3. The first kappa shape index (κ1) is 15.8. The van der Waals surface area contributed by atoms with Gasteiger partial charge in [0, 0.05) is 19.4 Å². The molecular weight excluding hydrogens is 338 g/mol. The number of rotatable bonds is 3. The van der Waals surface area contributed by atoms with Gasteiger partial charge in [0.05, 0.1) is 11.3 Å². The second-order valence-corrected chi connectivity index (χ2v) is 8.18. The van der Waals surface area contributed by atoms with E-state index in [0.29, 0.717) is 22.7 Å². The molecule has 4 aromatic heterocycles. The average Bonchev–Trinajstić information content (AvgIpc) is 3.13. The maximum atomic E-state index is 12.7. The van der Waals surface area contributed by atoms with Crippen LogP contribution < -0.4 is 0 Å². The number of imidazole rings is 1. The number of pyridine rings is 2. The van der Waals surface area contributed by atoms with Gasteiger partial charge in [-0.2, -0.15) is 5.10 Å². The van der Waals surface area contributed by atoms with Crippen LogP contribution in [0.1, 0.15) is 12.5 Å². The quantitative estimate of drug-likeness (QED) is 0.563. The van der Waals surface area contributed by atoms with Crippen molar-refractivity contribution in [2.75, 3.05) is 5.75 Å². The lowest BCUT2D eigenvalue weighted by molar-refractivity contribution is 0.598. The maximum Gasteiger partial charge on any atom is 0.182 e. The molecule has 4 heterocycles. The highest BCUT2D eigenvalue weighted by Crippen LogP contribution is 2.31. The van der Waals surface area contributed by atoms with Crippen molar-refractivity contribution in [3.63, 3.8) is 0 Å². The van der Waals surface area contributed by atoms with Crippen LogP contribution >= 0.6 is 0 Å². The number of sulfone groups is 1. The van der Waals surface area contributed by atoms with E-state index >= 15 is 0 Å². The van der Waals surface area contributed by atoms with E-state index in [0.717, 1.165) is 11.1 Å². The zero-order valence-electron chi connectivity index (χ0n) is 14.1. The van der Waals surface area contributed by atoms with E-state index in [1.165, 1.54) is 0 Å². The molecule has 0 aromatic carbocycles. The summed E-state index contributed by atoms with van der Waals surface area (Å²) in [6.07, 6.45) is 3.50. The first-order chi connectivity index (χ1) is 11.9. The van der Waals surface area contributed by atoms with E-state index < -0.39 is 9.84 Å². The lowest BCUT2D eigenvalue weighted by atomic mass is 10.3. The minimum atomic E-state index is -3.48. The van der Waals surface area contributed by atoms with Gasteiger partial charge < -0.3 is 4.57 Å². The van der Waals surface area contributed by atoms with Gasteiger partial charge in [-0.3, -0.25) is 0 Å². The Morgan fingerprint density at radius 2 is 2.04 bits per heavy atom. The van der Waals surface area contributed by atoms with Gasteiger partial charge in [-0.15, -0.1) is 0 Å². The predicted molar refractivity (Wildman–Crippen MR) is 95.2 cm³/mol. The molecule has 7 nitrogen and oxygen atoms in total. The third kappa shape index (κ3) is 2.32. The van der Waals surface area contributed by atoms with Gasteiger partial charge >= 0.3 is 0 Å². The number of hydrogen-bond acceptors (Lipinski definition) is 5. The Labute approximate surface area is 144 Å². The van der Waals surface area contributed by atoms with Crippen LogP contribution in [-0.4, -0.2) is 38.3 Å². The van der Waals surface area contributed by atoms with E-state index in [1.54, 1.807) is 40.5 Å². The zero-order chi connectivity index (χ0) is 17.8. The number of nitrogens with zero attached hydrogens (tertiary/aromatic N) is 5. The summed E-state index contributed by atoms with van der Waals surface area (Å²) in [4.78, 5) is 9.23. The highest BCUT2D eigenvalue weighted by Gasteiger charge is 2.28. The summed E-state index contributed by atoms with van der Waals surface area (Å²) in [5.41, 5.74) is 3.31. The van der Waals surface area contributed by atoms with Crippen molar-refractivity contribution in [1.29, 1.82) is 0 Å². The molecule has 0 spiro atoms. The Balaban J connectivity index is 2.11. The number of hydrogen-bond donors (Lipinski definition) is 0. The van der Waals surface area contributed by atoms with Gasteiger partial charge in [-0.1, -0.05) is 13.0 Å². The van der Waals surface area contributed by atoms with Gasteiger partial charge in [0.15, 0.2) is 21.3 Å². The Morgan fingerprint density at radius 1 is 1.24 bits per heavy atom. The fourth-order valence-corrected chi connectivity index (χ4v) is 4.16. The summed E-state index contributed by atoms with van der Waals surface area (Å²) in [5.74, 6) is 0.487. The molecular formula is C17H17N5O2S. The molecule has 0 unspecified atom stereocenters. The van der Waals surface area contributed by atoms with Gasteiger partial charge in [0.2, 0.25) is 0 Å². The van der Waals surface area contributed by atoms with E-state index in [9.17, 15) is 8.42 Å². The molecule has 0 saturated heterocycles. The highest BCUT2D eigenvalue weighted by molar-refractivity contribution is 7.91. The largest absolute Gasteiger partial charge is 0.310 e. The second kappa shape index (κ2) is 5.38. The summed E-state index contributed by atoms with van der Waals surface area (Å²) in [6, 6.07) is 7.29. The predicted octanol–water partition coefficient (Wildman–Crippen LogP) is 2.39.